The Bertz CT molecular complexity index is 593. The summed E-state index contributed by atoms with van der Waals surface area (Å²) in [6.45, 7) is 4.05. The summed E-state index contributed by atoms with van der Waals surface area (Å²) in [6, 6.07) is 9.55. The second-order valence-electron chi connectivity index (χ2n) is 4.63. The number of rotatable bonds is 6. The first-order valence-electron chi connectivity index (χ1n) is 6.55. The Labute approximate surface area is 141 Å². The van der Waals surface area contributed by atoms with Crippen LogP contribution in [0.1, 0.15) is 20.8 Å². The number of carbonyl (C=O) groups is 1. The van der Waals surface area contributed by atoms with E-state index in [4.69, 9.17) is 11.6 Å². The standard InChI is InChI=1S/C15H16BrClN2OS/c1-10-2-4-11(5-3-10)15(20)19-7-6-18-9-12-8-13(16)14(17)21-12/h2-5,8,18H,6-7,9H2,1H3,(H,19,20). The van der Waals surface area contributed by atoms with Gasteiger partial charge >= 0.3 is 0 Å². The van der Waals surface area contributed by atoms with Gasteiger partial charge in [0.25, 0.3) is 5.91 Å². The first-order valence-corrected chi connectivity index (χ1v) is 8.54. The molecule has 1 aromatic carbocycles. The minimum Gasteiger partial charge on any atom is -0.351 e. The molecule has 1 amide bonds. The first kappa shape index (κ1) is 16.5. The molecule has 0 bridgehead atoms. The third-order valence-electron chi connectivity index (χ3n) is 2.90. The van der Waals surface area contributed by atoms with Crippen LogP contribution in [0.15, 0.2) is 34.8 Å². The summed E-state index contributed by atoms with van der Waals surface area (Å²) in [5.41, 5.74) is 1.84. The van der Waals surface area contributed by atoms with Crippen LogP contribution in [0, 0.1) is 6.92 Å². The Kier molecular flexibility index (Phi) is 6.23. The molecular formula is C15H16BrClN2OS. The first-order chi connectivity index (χ1) is 10.1. The monoisotopic (exact) mass is 386 g/mol. The van der Waals surface area contributed by atoms with Gasteiger partial charge in [-0.25, -0.2) is 0 Å². The van der Waals surface area contributed by atoms with E-state index in [0.717, 1.165) is 25.8 Å². The highest BCUT2D eigenvalue weighted by Crippen LogP contribution is 2.31. The van der Waals surface area contributed by atoms with Gasteiger partial charge in [0.1, 0.15) is 4.34 Å². The predicted molar refractivity (Wildman–Crippen MR) is 92.2 cm³/mol. The molecule has 112 valence electrons. The minimum absolute atomic E-state index is 0.0429. The van der Waals surface area contributed by atoms with Crippen LogP contribution in [0.5, 0.6) is 0 Å². The van der Waals surface area contributed by atoms with Crippen molar-refractivity contribution in [2.24, 2.45) is 0 Å². The van der Waals surface area contributed by atoms with E-state index >= 15 is 0 Å². The zero-order valence-corrected chi connectivity index (χ0v) is 14.7. The van der Waals surface area contributed by atoms with Crippen molar-refractivity contribution in [1.29, 1.82) is 0 Å². The van der Waals surface area contributed by atoms with Crippen LogP contribution in [0.4, 0.5) is 0 Å². The van der Waals surface area contributed by atoms with E-state index in [0.29, 0.717) is 18.7 Å². The predicted octanol–water partition coefficient (Wildman–Crippen LogP) is 3.99. The van der Waals surface area contributed by atoms with Gasteiger partial charge in [-0.15, -0.1) is 11.3 Å². The highest BCUT2D eigenvalue weighted by Gasteiger charge is 2.05. The highest BCUT2D eigenvalue weighted by molar-refractivity contribution is 9.10. The number of thiophene rings is 1. The second kappa shape index (κ2) is 7.94. The normalized spacial score (nSPS) is 10.6. The summed E-state index contributed by atoms with van der Waals surface area (Å²) in [5.74, 6) is -0.0429. The molecule has 21 heavy (non-hydrogen) atoms. The van der Waals surface area contributed by atoms with E-state index in [-0.39, 0.29) is 5.91 Å². The van der Waals surface area contributed by atoms with Gasteiger partial charge in [-0.05, 0) is 41.1 Å². The van der Waals surface area contributed by atoms with Crippen molar-refractivity contribution in [2.45, 2.75) is 13.5 Å². The quantitative estimate of drug-likeness (QED) is 0.736. The summed E-state index contributed by atoms with van der Waals surface area (Å²) >= 11 is 10.9. The molecule has 1 aromatic heterocycles. The van der Waals surface area contributed by atoms with Gasteiger partial charge in [0, 0.05) is 34.5 Å². The van der Waals surface area contributed by atoms with Crippen LogP contribution in [-0.2, 0) is 6.54 Å². The third-order valence-corrected chi connectivity index (χ3v) is 5.37. The summed E-state index contributed by atoms with van der Waals surface area (Å²) < 4.78 is 1.69. The van der Waals surface area contributed by atoms with Gasteiger partial charge in [-0.3, -0.25) is 4.79 Å². The Hall–Kier alpha value is -0.880. The number of carbonyl (C=O) groups excluding carboxylic acids is 1. The lowest BCUT2D eigenvalue weighted by molar-refractivity contribution is 0.0954. The SMILES string of the molecule is Cc1ccc(C(=O)NCCNCc2cc(Br)c(Cl)s2)cc1. The molecule has 2 aromatic rings. The van der Waals surface area contributed by atoms with Crippen molar-refractivity contribution in [1.82, 2.24) is 10.6 Å². The minimum atomic E-state index is -0.0429. The van der Waals surface area contributed by atoms with E-state index in [1.165, 1.54) is 0 Å². The number of hydrogen-bond acceptors (Lipinski definition) is 3. The molecule has 0 unspecified atom stereocenters. The maximum Gasteiger partial charge on any atom is 0.251 e. The van der Waals surface area contributed by atoms with E-state index in [2.05, 4.69) is 26.6 Å². The van der Waals surface area contributed by atoms with E-state index in [1.54, 1.807) is 11.3 Å². The van der Waals surface area contributed by atoms with Gasteiger partial charge < -0.3 is 10.6 Å². The van der Waals surface area contributed by atoms with Crippen LogP contribution in [0.25, 0.3) is 0 Å². The van der Waals surface area contributed by atoms with Crippen LogP contribution in [0.2, 0.25) is 4.34 Å². The van der Waals surface area contributed by atoms with Crippen molar-refractivity contribution in [3.63, 3.8) is 0 Å². The second-order valence-corrected chi connectivity index (χ2v) is 7.23. The fourth-order valence-electron chi connectivity index (χ4n) is 1.76. The van der Waals surface area contributed by atoms with Crippen LogP contribution < -0.4 is 10.6 Å². The van der Waals surface area contributed by atoms with E-state index < -0.39 is 0 Å². The van der Waals surface area contributed by atoms with Gasteiger partial charge in [-0.2, -0.15) is 0 Å². The molecule has 0 aliphatic heterocycles. The van der Waals surface area contributed by atoms with E-state index in [9.17, 15) is 4.79 Å². The fraction of sp³-hybridized carbons (Fsp3) is 0.267. The molecule has 1 heterocycles. The number of benzene rings is 1. The number of hydrogen-bond donors (Lipinski definition) is 2. The molecule has 2 N–H and O–H groups in total. The third kappa shape index (κ3) is 5.11. The van der Waals surface area contributed by atoms with Crippen molar-refractivity contribution < 1.29 is 4.79 Å². The zero-order chi connectivity index (χ0) is 15.2. The smallest absolute Gasteiger partial charge is 0.251 e. The van der Waals surface area contributed by atoms with Crippen molar-refractivity contribution in [3.8, 4) is 0 Å². The molecule has 6 heteroatoms. The number of halogens is 2. The molecule has 0 fully saturated rings. The molecular weight excluding hydrogens is 372 g/mol. The maximum atomic E-state index is 11.9. The number of aryl methyl sites for hydroxylation is 1. The van der Waals surface area contributed by atoms with Crippen LogP contribution >= 0.6 is 38.9 Å². The number of nitrogens with one attached hydrogen (secondary N) is 2. The fourth-order valence-corrected chi connectivity index (χ4v) is 3.52. The molecule has 0 saturated carbocycles. The van der Waals surface area contributed by atoms with Crippen LogP contribution in [-0.4, -0.2) is 19.0 Å². The average Bonchev–Trinajstić information content (AvgIpc) is 2.78. The Balaban J connectivity index is 1.67. The topological polar surface area (TPSA) is 41.1 Å². The maximum absolute atomic E-state index is 11.9. The molecule has 0 spiro atoms. The summed E-state index contributed by atoms with van der Waals surface area (Å²) in [7, 11) is 0. The molecule has 0 aliphatic carbocycles. The van der Waals surface area contributed by atoms with Gasteiger partial charge in [0.05, 0.1) is 0 Å². The highest BCUT2D eigenvalue weighted by atomic mass is 79.9. The van der Waals surface area contributed by atoms with Crippen molar-refractivity contribution in [2.75, 3.05) is 13.1 Å². The average molecular weight is 388 g/mol. The zero-order valence-electron chi connectivity index (χ0n) is 11.6. The Morgan fingerprint density at radius 3 is 2.62 bits per heavy atom. The van der Waals surface area contributed by atoms with Gasteiger partial charge in [-0.1, -0.05) is 29.3 Å². The summed E-state index contributed by atoms with van der Waals surface area (Å²) in [4.78, 5) is 13.0. The van der Waals surface area contributed by atoms with Crippen molar-refractivity contribution in [3.05, 3.63) is 55.1 Å². The number of amides is 1. The van der Waals surface area contributed by atoms with Crippen LogP contribution in [0.3, 0.4) is 0 Å². The molecule has 0 atom stereocenters. The summed E-state index contributed by atoms with van der Waals surface area (Å²) in [6.07, 6.45) is 0. The Morgan fingerprint density at radius 1 is 1.29 bits per heavy atom. The molecule has 2 rings (SSSR count). The molecule has 0 aliphatic rings. The lowest BCUT2D eigenvalue weighted by Gasteiger charge is -2.06. The molecule has 0 radical (unpaired) electrons. The van der Waals surface area contributed by atoms with Crippen molar-refractivity contribution >= 4 is 44.8 Å². The van der Waals surface area contributed by atoms with Gasteiger partial charge in [0.15, 0.2) is 0 Å². The lowest BCUT2D eigenvalue weighted by atomic mass is 10.1. The molecule has 3 nitrogen and oxygen atoms in total. The Morgan fingerprint density at radius 2 is 2.00 bits per heavy atom. The molecule has 0 saturated heterocycles. The van der Waals surface area contributed by atoms with Gasteiger partial charge in [0.2, 0.25) is 0 Å². The van der Waals surface area contributed by atoms with E-state index in [1.807, 2.05) is 37.3 Å². The summed E-state index contributed by atoms with van der Waals surface area (Å²) in [5, 5.41) is 6.16. The lowest BCUT2D eigenvalue weighted by Crippen LogP contribution is -2.31. The largest absolute Gasteiger partial charge is 0.351 e.